The minimum atomic E-state index is 0.583. The van der Waals surface area contributed by atoms with Crippen molar-refractivity contribution in [2.24, 2.45) is 5.92 Å². The molecule has 8 heteroatoms. The van der Waals surface area contributed by atoms with Crippen LogP contribution in [0.3, 0.4) is 0 Å². The molecule has 8 nitrogen and oxygen atoms in total. The van der Waals surface area contributed by atoms with E-state index in [0.29, 0.717) is 5.92 Å². The van der Waals surface area contributed by atoms with Crippen LogP contribution >= 0.6 is 0 Å². The van der Waals surface area contributed by atoms with Crippen molar-refractivity contribution in [2.75, 3.05) is 29.9 Å². The summed E-state index contributed by atoms with van der Waals surface area (Å²) in [5, 5.41) is 15.7. The molecule has 3 aromatic rings. The van der Waals surface area contributed by atoms with Crippen molar-refractivity contribution < 1.29 is 0 Å². The molecule has 112 valence electrons. The van der Waals surface area contributed by atoms with Crippen LogP contribution < -0.4 is 10.2 Å². The average molecular weight is 296 g/mol. The van der Waals surface area contributed by atoms with E-state index in [4.69, 9.17) is 0 Å². The number of nitrogens with zero attached hydrogens (tertiary/aromatic N) is 7. The minimum Gasteiger partial charge on any atom is -0.368 e. The second kappa shape index (κ2) is 5.21. The maximum absolute atomic E-state index is 4.50. The lowest BCUT2D eigenvalue weighted by Gasteiger charge is -2.40. The summed E-state index contributed by atoms with van der Waals surface area (Å²) in [5.74, 6) is 2.41. The second-order valence-electron chi connectivity index (χ2n) is 5.47. The highest BCUT2D eigenvalue weighted by atomic mass is 15.4. The van der Waals surface area contributed by atoms with E-state index in [1.807, 2.05) is 19.1 Å². The SMILES string of the molecule is Cc1nccnc1NCC1CN(c2ccc3nncn3n2)C1. The van der Waals surface area contributed by atoms with Crippen molar-refractivity contribution in [3.8, 4) is 0 Å². The number of fused-ring (bicyclic) bond motifs is 1. The second-order valence-corrected chi connectivity index (χ2v) is 5.47. The van der Waals surface area contributed by atoms with Gasteiger partial charge in [0.05, 0.1) is 5.69 Å². The van der Waals surface area contributed by atoms with Gasteiger partial charge >= 0.3 is 0 Å². The lowest BCUT2D eigenvalue weighted by atomic mass is 10.0. The van der Waals surface area contributed by atoms with E-state index >= 15 is 0 Å². The van der Waals surface area contributed by atoms with Crippen molar-refractivity contribution in [3.63, 3.8) is 0 Å². The van der Waals surface area contributed by atoms with Crippen LogP contribution in [0.15, 0.2) is 30.9 Å². The Bertz CT molecular complexity index is 792. The van der Waals surface area contributed by atoms with Crippen LogP contribution in [-0.2, 0) is 0 Å². The maximum Gasteiger partial charge on any atom is 0.177 e. The summed E-state index contributed by atoms with van der Waals surface area (Å²) in [6.07, 6.45) is 5.04. The molecule has 1 N–H and O–H groups in total. The van der Waals surface area contributed by atoms with E-state index in [1.165, 1.54) is 0 Å². The predicted molar refractivity (Wildman–Crippen MR) is 81.7 cm³/mol. The first kappa shape index (κ1) is 12.9. The molecule has 0 amide bonds. The van der Waals surface area contributed by atoms with Crippen molar-refractivity contribution in [3.05, 3.63) is 36.5 Å². The Balaban J connectivity index is 1.35. The third-order valence-electron chi connectivity index (χ3n) is 3.87. The van der Waals surface area contributed by atoms with Gasteiger partial charge in [-0.15, -0.1) is 15.3 Å². The Kier molecular flexibility index (Phi) is 3.06. The molecule has 4 heterocycles. The van der Waals surface area contributed by atoms with Gasteiger partial charge in [-0.25, -0.2) is 4.98 Å². The molecule has 0 aliphatic carbocycles. The van der Waals surface area contributed by atoms with E-state index in [2.05, 4.69) is 35.5 Å². The van der Waals surface area contributed by atoms with E-state index in [0.717, 1.165) is 42.6 Å². The Morgan fingerprint density at radius 3 is 2.95 bits per heavy atom. The molecule has 0 saturated carbocycles. The number of hydrogen-bond acceptors (Lipinski definition) is 7. The van der Waals surface area contributed by atoms with Gasteiger partial charge in [-0.3, -0.25) is 4.98 Å². The fraction of sp³-hybridized carbons (Fsp3) is 0.357. The summed E-state index contributed by atoms with van der Waals surface area (Å²) in [5.41, 5.74) is 1.69. The topological polar surface area (TPSA) is 84.1 Å². The monoisotopic (exact) mass is 296 g/mol. The van der Waals surface area contributed by atoms with Gasteiger partial charge in [-0.05, 0) is 19.1 Å². The van der Waals surface area contributed by atoms with E-state index in [1.54, 1.807) is 23.2 Å². The summed E-state index contributed by atoms with van der Waals surface area (Å²) in [6, 6.07) is 3.92. The van der Waals surface area contributed by atoms with Gasteiger partial charge in [0.15, 0.2) is 5.65 Å². The van der Waals surface area contributed by atoms with Crippen LogP contribution in [-0.4, -0.2) is 49.4 Å². The molecular weight excluding hydrogens is 280 g/mol. The maximum atomic E-state index is 4.50. The molecule has 3 aromatic heterocycles. The number of aromatic nitrogens is 6. The third-order valence-corrected chi connectivity index (χ3v) is 3.87. The highest BCUT2D eigenvalue weighted by molar-refractivity contribution is 5.47. The minimum absolute atomic E-state index is 0.583. The largest absolute Gasteiger partial charge is 0.368 e. The van der Waals surface area contributed by atoms with Gasteiger partial charge in [0, 0.05) is 37.9 Å². The quantitative estimate of drug-likeness (QED) is 0.761. The Morgan fingerprint density at radius 2 is 2.09 bits per heavy atom. The van der Waals surface area contributed by atoms with Gasteiger partial charge in [-0.2, -0.15) is 4.52 Å². The van der Waals surface area contributed by atoms with Crippen LogP contribution in [0.5, 0.6) is 0 Å². The lowest BCUT2D eigenvalue weighted by molar-refractivity contribution is 0.424. The fourth-order valence-corrected chi connectivity index (χ4v) is 2.60. The summed E-state index contributed by atoms with van der Waals surface area (Å²) in [6.45, 7) is 4.81. The van der Waals surface area contributed by atoms with Crippen LogP contribution in [0.4, 0.5) is 11.6 Å². The highest BCUT2D eigenvalue weighted by Crippen LogP contribution is 2.23. The van der Waals surface area contributed by atoms with Gasteiger partial charge in [0.25, 0.3) is 0 Å². The molecule has 0 radical (unpaired) electrons. The zero-order valence-electron chi connectivity index (χ0n) is 12.2. The molecule has 4 rings (SSSR count). The molecule has 1 aliphatic heterocycles. The number of nitrogens with one attached hydrogen (secondary N) is 1. The highest BCUT2D eigenvalue weighted by Gasteiger charge is 2.28. The molecule has 0 spiro atoms. The Hall–Kier alpha value is -2.77. The molecule has 1 fully saturated rings. The predicted octanol–water partition coefficient (Wildman–Crippen LogP) is 0.771. The molecule has 1 saturated heterocycles. The van der Waals surface area contributed by atoms with E-state index in [9.17, 15) is 0 Å². The molecule has 0 unspecified atom stereocenters. The van der Waals surface area contributed by atoms with E-state index < -0.39 is 0 Å². The smallest absolute Gasteiger partial charge is 0.177 e. The fourth-order valence-electron chi connectivity index (χ4n) is 2.60. The Labute approximate surface area is 127 Å². The molecule has 1 aliphatic rings. The van der Waals surface area contributed by atoms with Crippen LogP contribution in [0, 0.1) is 12.8 Å². The first-order valence-corrected chi connectivity index (χ1v) is 7.23. The van der Waals surface area contributed by atoms with E-state index in [-0.39, 0.29) is 0 Å². The van der Waals surface area contributed by atoms with Gasteiger partial charge in [0.2, 0.25) is 0 Å². The number of anilines is 2. The average Bonchev–Trinajstić information content (AvgIpc) is 2.95. The van der Waals surface area contributed by atoms with Gasteiger partial charge < -0.3 is 10.2 Å². The number of aryl methyl sites for hydroxylation is 1. The zero-order valence-corrected chi connectivity index (χ0v) is 12.2. The third kappa shape index (κ3) is 2.32. The summed E-state index contributed by atoms with van der Waals surface area (Å²) < 4.78 is 1.70. The number of hydrogen-bond donors (Lipinski definition) is 1. The van der Waals surface area contributed by atoms with Crippen molar-refractivity contribution in [1.82, 2.24) is 29.8 Å². The normalized spacial score (nSPS) is 15.0. The molecule has 0 aromatic carbocycles. The summed E-state index contributed by atoms with van der Waals surface area (Å²) in [4.78, 5) is 10.8. The summed E-state index contributed by atoms with van der Waals surface area (Å²) in [7, 11) is 0. The number of rotatable bonds is 4. The lowest BCUT2D eigenvalue weighted by Crippen LogP contribution is -2.50. The van der Waals surface area contributed by atoms with Crippen LogP contribution in [0.2, 0.25) is 0 Å². The zero-order chi connectivity index (χ0) is 14.9. The molecular formula is C14H16N8. The van der Waals surface area contributed by atoms with Crippen molar-refractivity contribution in [2.45, 2.75) is 6.92 Å². The standard InChI is InChI=1S/C14H16N8/c1-10-14(16-5-4-15-10)17-6-11-7-21(8-11)13-3-2-12-19-18-9-22(12)20-13/h2-5,9,11H,6-8H2,1H3,(H,16,17). The molecule has 22 heavy (non-hydrogen) atoms. The summed E-state index contributed by atoms with van der Waals surface area (Å²) >= 11 is 0. The first-order chi connectivity index (χ1) is 10.8. The van der Waals surface area contributed by atoms with Gasteiger partial charge in [0.1, 0.15) is 18.0 Å². The molecule has 0 bridgehead atoms. The van der Waals surface area contributed by atoms with Crippen molar-refractivity contribution in [1.29, 1.82) is 0 Å². The Morgan fingerprint density at radius 1 is 1.23 bits per heavy atom. The van der Waals surface area contributed by atoms with Crippen LogP contribution in [0.1, 0.15) is 5.69 Å². The van der Waals surface area contributed by atoms with Crippen molar-refractivity contribution >= 4 is 17.3 Å². The first-order valence-electron chi connectivity index (χ1n) is 7.23. The molecule has 0 atom stereocenters. The van der Waals surface area contributed by atoms with Gasteiger partial charge in [-0.1, -0.05) is 0 Å². The van der Waals surface area contributed by atoms with Crippen LogP contribution in [0.25, 0.3) is 5.65 Å².